The summed E-state index contributed by atoms with van der Waals surface area (Å²) >= 11 is 0. The number of aromatic nitrogens is 1. The minimum Gasteiger partial charge on any atom is -0.467 e. The molecular weight excluding hydrogens is 366 g/mol. The Balaban J connectivity index is 1.37. The molecule has 0 spiro atoms. The minimum atomic E-state index is -0.196. The van der Waals surface area contributed by atoms with Crippen molar-refractivity contribution in [2.24, 2.45) is 0 Å². The van der Waals surface area contributed by atoms with Crippen molar-refractivity contribution >= 4 is 17.4 Å². The number of amides is 1. The van der Waals surface area contributed by atoms with E-state index in [0.717, 1.165) is 17.2 Å². The lowest BCUT2D eigenvalue weighted by atomic mass is 10.2. The Kier molecular flexibility index (Phi) is 5.53. The first-order valence-corrected chi connectivity index (χ1v) is 9.13. The molecule has 0 radical (unpaired) electrons. The summed E-state index contributed by atoms with van der Waals surface area (Å²) in [5, 5.41) is 6.01. The smallest absolute Gasteiger partial charge is 0.251 e. The highest BCUT2D eigenvalue weighted by Gasteiger charge is 2.08. The minimum absolute atomic E-state index is 0.196. The lowest BCUT2D eigenvalue weighted by molar-refractivity contribution is 0.0948. The van der Waals surface area contributed by atoms with Crippen molar-refractivity contribution in [3.8, 4) is 11.5 Å². The second-order valence-electron chi connectivity index (χ2n) is 6.26. The van der Waals surface area contributed by atoms with E-state index in [4.69, 9.17) is 9.15 Å². The molecule has 4 aromatic rings. The number of pyridine rings is 1. The summed E-state index contributed by atoms with van der Waals surface area (Å²) in [7, 11) is 0. The topological polar surface area (TPSA) is 76.4 Å². The van der Waals surface area contributed by atoms with E-state index < -0.39 is 0 Å². The van der Waals surface area contributed by atoms with Gasteiger partial charge in [0.2, 0.25) is 0 Å². The van der Waals surface area contributed by atoms with E-state index in [1.165, 1.54) is 0 Å². The van der Waals surface area contributed by atoms with Gasteiger partial charge < -0.3 is 19.8 Å². The lowest BCUT2D eigenvalue weighted by Gasteiger charge is -2.09. The normalized spacial score (nSPS) is 10.3. The van der Waals surface area contributed by atoms with Gasteiger partial charge in [0.05, 0.1) is 12.8 Å². The van der Waals surface area contributed by atoms with E-state index in [9.17, 15) is 4.79 Å². The maximum absolute atomic E-state index is 12.3. The predicted octanol–water partition coefficient (Wildman–Crippen LogP) is 5.14. The van der Waals surface area contributed by atoms with Crippen molar-refractivity contribution in [2.45, 2.75) is 6.54 Å². The third kappa shape index (κ3) is 5.01. The van der Waals surface area contributed by atoms with Crippen LogP contribution in [0.25, 0.3) is 0 Å². The Hall–Kier alpha value is -4.06. The van der Waals surface area contributed by atoms with E-state index in [2.05, 4.69) is 15.6 Å². The van der Waals surface area contributed by atoms with Crippen molar-refractivity contribution in [1.82, 2.24) is 10.3 Å². The molecule has 2 heterocycles. The van der Waals surface area contributed by atoms with Crippen LogP contribution in [0.2, 0.25) is 0 Å². The Morgan fingerprint density at radius 3 is 2.48 bits per heavy atom. The summed E-state index contributed by atoms with van der Waals surface area (Å²) in [6, 6.07) is 24.1. The van der Waals surface area contributed by atoms with Gasteiger partial charge in [0, 0.05) is 17.4 Å². The van der Waals surface area contributed by atoms with Crippen LogP contribution in [0.15, 0.2) is 95.7 Å². The molecule has 6 heteroatoms. The molecule has 0 unspecified atom stereocenters. The summed E-state index contributed by atoms with van der Waals surface area (Å²) < 4.78 is 11.0. The Morgan fingerprint density at radius 2 is 1.72 bits per heavy atom. The maximum atomic E-state index is 12.3. The zero-order valence-electron chi connectivity index (χ0n) is 15.5. The Bertz CT molecular complexity index is 1060. The molecule has 4 rings (SSSR count). The summed E-state index contributed by atoms with van der Waals surface area (Å²) in [6.45, 7) is 0.333. The van der Waals surface area contributed by atoms with Crippen molar-refractivity contribution < 1.29 is 13.9 Å². The third-order valence-electron chi connectivity index (χ3n) is 4.13. The number of para-hydroxylation sites is 1. The molecule has 0 aliphatic rings. The van der Waals surface area contributed by atoms with Gasteiger partial charge in [-0.15, -0.1) is 0 Å². The molecule has 0 saturated heterocycles. The third-order valence-corrected chi connectivity index (χ3v) is 4.13. The molecule has 0 bridgehead atoms. The first-order valence-electron chi connectivity index (χ1n) is 9.13. The van der Waals surface area contributed by atoms with E-state index >= 15 is 0 Å². The average Bonchev–Trinajstić information content (AvgIpc) is 3.28. The molecule has 6 nitrogen and oxygen atoms in total. The van der Waals surface area contributed by atoms with Crippen LogP contribution in [0.1, 0.15) is 16.1 Å². The van der Waals surface area contributed by atoms with Crippen LogP contribution in [-0.2, 0) is 6.54 Å². The van der Waals surface area contributed by atoms with E-state index in [0.29, 0.717) is 23.7 Å². The maximum Gasteiger partial charge on any atom is 0.251 e. The second-order valence-corrected chi connectivity index (χ2v) is 6.26. The molecule has 144 valence electrons. The fourth-order valence-electron chi connectivity index (χ4n) is 2.70. The zero-order chi connectivity index (χ0) is 19.9. The molecule has 2 aromatic carbocycles. The van der Waals surface area contributed by atoms with Crippen molar-refractivity contribution in [3.05, 3.63) is 103 Å². The zero-order valence-corrected chi connectivity index (χ0v) is 15.5. The van der Waals surface area contributed by atoms with Gasteiger partial charge in [-0.2, -0.15) is 0 Å². The number of rotatable bonds is 7. The van der Waals surface area contributed by atoms with Gasteiger partial charge in [0.25, 0.3) is 5.91 Å². The molecule has 0 atom stereocenters. The number of carbonyl (C=O) groups is 1. The fourth-order valence-corrected chi connectivity index (χ4v) is 2.70. The standard InChI is InChI=1S/C23H19N3O3/c27-23(25-16-21-7-4-14-28-21)17-12-13-24-22(15-17)26-18-8-10-20(11-9-18)29-19-5-2-1-3-6-19/h1-15H,16H2,(H,24,26)(H,25,27). The molecule has 0 aliphatic carbocycles. The number of ether oxygens (including phenoxy) is 1. The van der Waals surface area contributed by atoms with Gasteiger partial charge in [-0.25, -0.2) is 4.98 Å². The molecule has 1 amide bonds. The second kappa shape index (κ2) is 8.75. The number of benzene rings is 2. The monoisotopic (exact) mass is 385 g/mol. The van der Waals surface area contributed by atoms with Gasteiger partial charge in [-0.3, -0.25) is 4.79 Å². The van der Waals surface area contributed by atoms with Crippen LogP contribution in [0.4, 0.5) is 11.5 Å². The SMILES string of the molecule is O=C(NCc1ccco1)c1ccnc(Nc2ccc(Oc3ccccc3)cc2)c1. The number of anilines is 2. The van der Waals surface area contributed by atoms with E-state index in [1.54, 1.807) is 30.7 Å². The van der Waals surface area contributed by atoms with Crippen LogP contribution in [-0.4, -0.2) is 10.9 Å². The fraction of sp³-hybridized carbons (Fsp3) is 0.0435. The summed E-state index contributed by atoms with van der Waals surface area (Å²) in [4.78, 5) is 16.6. The number of hydrogen-bond acceptors (Lipinski definition) is 5. The largest absolute Gasteiger partial charge is 0.467 e. The van der Waals surface area contributed by atoms with Crippen molar-refractivity contribution in [2.75, 3.05) is 5.32 Å². The first kappa shape index (κ1) is 18.3. The van der Waals surface area contributed by atoms with Crippen molar-refractivity contribution in [1.29, 1.82) is 0 Å². The van der Waals surface area contributed by atoms with Gasteiger partial charge >= 0.3 is 0 Å². The summed E-state index contributed by atoms with van der Waals surface area (Å²) in [5.74, 6) is 2.60. The number of hydrogen-bond donors (Lipinski definition) is 2. The van der Waals surface area contributed by atoms with Crippen LogP contribution >= 0.6 is 0 Å². The highest BCUT2D eigenvalue weighted by molar-refractivity contribution is 5.94. The van der Waals surface area contributed by atoms with Gasteiger partial charge in [-0.05, 0) is 60.7 Å². The molecule has 29 heavy (non-hydrogen) atoms. The average molecular weight is 385 g/mol. The van der Waals surface area contributed by atoms with Crippen LogP contribution in [0.5, 0.6) is 11.5 Å². The van der Waals surface area contributed by atoms with Gasteiger partial charge in [-0.1, -0.05) is 18.2 Å². The molecular formula is C23H19N3O3. The number of nitrogens with zero attached hydrogens (tertiary/aromatic N) is 1. The van der Waals surface area contributed by atoms with Crippen LogP contribution in [0.3, 0.4) is 0 Å². The van der Waals surface area contributed by atoms with Gasteiger partial charge in [0.15, 0.2) is 0 Å². The highest BCUT2D eigenvalue weighted by atomic mass is 16.5. The lowest BCUT2D eigenvalue weighted by Crippen LogP contribution is -2.22. The first-order chi connectivity index (χ1) is 14.3. The summed E-state index contributed by atoms with van der Waals surface area (Å²) in [6.07, 6.45) is 3.17. The number of nitrogens with one attached hydrogen (secondary N) is 2. The molecule has 0 aliphatic heterocycles. The molecule has 0 saturated carbocycles. The van der Waals surface area contributed by atoms with Gasteiger partial charge in [0.1, 0.15) is 23.1 Å². The molecule has 2 N–H and O–H groups in total. The Labute approximate surface area is 168 Å². The quantitative estimate of drug-likeness (QED) is 0.461. The van der Waals surface area contributed by atoms with E-state index in [-0.39, 0.29) is 5.91 Å². The highest BCUT2D eigenvalue weighted by Crippen LogP contribution is 2.24. The number of carbonyl (C=O) groups excluding carboxylic acids is 1. The van der Waals surface area contributed by atoms with Crippen LogP contribution in [0, 0.1) is 0 Å². The number of furan rings is 1. The predicted molar refractivity (Wildman–Crippen MR) is 110 cm³/mol. The Morgan fingerprint density at radius 1 is 0.931 bits per heavy atom. The molecule has 2 aromatic heterocycles. The van der Waals surface area contributed by atoms with E-state index in [1.807, 2.05) is 60.7 Å². The van der Waals surface area contributed by atoms with Crippen LogP contribution < -0.4 is 15.4 Å². The summed E-state index contributed by atoms with van der Waals surface area (Å²) in [5.41, 5.74) is 1.35. The molecule has 0 fully saturated rings. The van der Waals surface area contributed by atoms with Crippen molar-refractivity contribution in [3.63, 3.8) is 0 Å².